The molecule has 1 aromatic carbocycles. The van der Waals surface area contributed by atoms with Crippen LogP contribution in [0.3, 0.4) is 0 Å². The molecule has 20 heavy (non-hydrogen) atoms. The van der Waals surface area contributed by atoms with Crippen molar-refractivity contribution in [3.05, 3.63) is 33.9 Å². The molecule has 2 unspecified atom stereocenters. The molecule has 2 atom stereocenters. The second-order valence-electron chi connectivity index (χ2n) is 5.05. The maximum atomic E-state index is 11.1. The van der Waals surface area contributed by atoms with Crippen LogP contribution in [0.4, 0.5) is 5.69 Å². The quantitative estimate of drug-likeness (QED) is 0.639. The van der Waals surface area contributed by atoms with Gasteiger partial charge in [-0.05, 0) is 38.4 Å². The first kappa shape index (κ1) is 14.7. The van der Waals surface area contributed by atoms with Gasteiger partial charge in [0.15, 0.2) is 5.75 Å². The summed E-state index contributed by atoms with van der Waals surface area (Å²) in [4.78, 5) is 10.7. The van der Waals surface area contributed by atoms with E-state index in [1.165, 1.54) is 0 Å². The number of nitro benzene ring substituents is 1. The minimum atomic E-state index is -0.410. The molecule has 1 aliphatic heterocycles. The molecule has 1 aromatic rings. The number of ether oxygens (including phenoxy) is 2. The van der Waals surface area contributed by atoms with Gasteiger partial charge in [0.05, 0.1) is 17.1 Å². The Morgan fingerprint density at radius 1 is 1.50 bits per heavy atom. The predicted octanol–water partition coefficient (Wildman–Crippen LogP) is 2.26. The smallest absolute Gasteiger partial charge is 0.311 e. The third-order valence-electron chi connectivity index (χ3n) is 3.35. The first-order chi connectivity index (χ1) is 9.60. The first-order valence-electron chi connectivity index (χ1n) is 6.80. The number of rotatable bonds is 6. The van der Waals surface area contributed by atoms with E-state index in [4.69, 9.17) is 9.47 Å². The molecular formula is C14H20N2O4. The summed E-state index contributed by atoms with van der Waals surface area (Å²) in [6, 6.07) is 5.03. The van der Waals surface area contributed by atoms with Gasteiger partial charge in [-0.15, -0.1) is 0 Å². The second-order valence-corrected chi connectivity index (χ2v) is 5.05. The minimum absolute atomic E-state index is 0.00351. The van der Waals surface area contributed by atoms with E-state index in [0.29, 0.717) is 18.9 Å². The van der Waals surface area contributed by atoms with Crippen molar-refractivity contribution in [2.75, 3.05) is 13.7 Å². The van der Waals surface area contributed by atoms with E-state index < -0.39 is 4.92 Å². The van der Waals surface area contributed by atoms with Crippen LogP contribution in [0.2, 0.25) is 0 Å². The van der Waals surface area contributed by atoms with Crippen LogP contribution in [0.15, 0.2) is 18.2 Å². The van der Waals surface area contributed by atoms with Crippen molar-refractivity contribution in [1.82, 2.24) is 5.32 Å². The number of nitro groups is 1. The summed E-state index contributed by atoms with van der Waals surface area (Å²) < 4.78 is 11.2. The Balaban J connectivity index is 2.04. The van der Waals surface area contributed by atoms with Gasteiger partial charge in [-0.1, -0.05) is 6.07 Å². The Kier molecular flexibility index (Phi) is 4.92. The minimum Gasteiger partial charge on any atom is -0.484 e. The summed E-state index contributed by atoms with van der Waals surface area (Å²) >= 11 is 0. The predicted molar refractivity (Wildman–Crippen MR) is 74.9 cm³/mol. The largest absolute Gasteiger partial charge is 0.484 e. The van der Waals surface area contributed by atoms with Gasteiger partial charge in [0, 0.05) is 12.6 Å². The third kappa shape index (κ3) is 3.68. The van der Waals surface area contributed by atoms with E-state index in [1.54, 1.807) is 19.2 Å². The molecule has 1 heterocycles. The van der Waals surface area contributed by atoms with Crippen LogP contribution in [0.1, 0.15) is 25.3 Å². The molecule has 0 radical (unpaired) electrons. The first-order valence-corrected chi connectivity index (χ1v) is 6.80. The molecule has 1 aliphatic rings. The Labute approximate surface area is 118 Å². The number of hydrogen-bond donors (Lipinski definition) is 1. The van der Waals surface area contributed by atoms with Gasteiger partial charge in [0.2, 0.25) is 0 Å². The van der Waals surface area contributed by atoms with Crippen molar-refractivity contribution in [3.63, 3.8) is 0 Å². The van der Waals surface area contributed by atoms with Crippen molar-refractivity contribution in [1.29, 1.82) is 0 Å². The summed E-state index contributed by atoms with van der Waals surface area (Å²) in [5, 5.41) is 14.1. The van der Waals surface area contributed by atoms with Crippen LogP contribution in [-0.4, -0.2) is 30.8 Å². The summed E-state index contributed by atoms with van der Waals surface area (Å²) in [6.07, 6.45) is 2.22. The van der Waals surface area contributed by atoms with Crippen molar-refractivity contribution in [3.8, 4) is 5.75 Å². The lowest BCUT2D eigenvalue weighted by Gasteiger charge is -2.13. The molecule has 0 amide bonds. The fourth-order valence-corrected chi connectivity index (χ4v) is 2.33. The van der Waals surface area contributed by atoms with Gasteiger partial charge in [0.1, 0.15) is 6.61 Å². The second kappa shape index (κ2) is 6.67. The molecule has 6 nitrogen and oxygen atoms in total. The van der Waals surface area contributed by atoms with Crippen LogP contribution < -0.4 is 10.1 Å². The summed E-state index contributed by atoms with van der Waals surface area (Å²) in [7, 11) is 1.80. The highest BCUT2D eigenvalue weighted by molar-refractivity contribution is 5.48. The lowest BCUT2D eigenvalue weighted by Crippen LogP contribution is -2.18. The molecule has 0 aromatic heterocycles. The van der Waals surface area contributed by atoms with Gasteiger partial charge >= 0.3 is 5.69 Å². The van der Waals surface area contributed by atoms with Crippen LogP contribution in [0.25, 0.3) is 0 Å². The lowest BCUT2D eigenvalue weighted by molar-refractivity contribution is -0.386. The van der Waals surface area contributed by atoms with Crippen molar-refractivity contribution in [2.24, 2.45) is 0 Å². The van der Waals surface area contributed by atoms with E-state index in [-0.39, 0.29) is 17.9 Å². The maximum Gasteiger partial charge on any atom is 0.311 e. The molecule has 6 heteroatoms. The molecule has 0 bridgehead atoms. The van der Waals surface area contributed by atoms with Gasteiger partial charge in [-0.2, -0.15) is 0 Å². The van der Waals surface area contributed by atoms with Gasteiger partial charge < -0.3 is 14.8 Å². The molecule has 0 saturated carbocycles. The average Bonchev–Trinajstić information content (AvgIpc) is 2.83. The number of nitrogens with one attached hydrogen (secondary N) is 1. The van der Waals surface area contributed by atoms with Crippen LogP contribution >= 0.6 is 0 Å². The van der Waals surface area contributed by atoms with Crippen molar-refractivity contribution in [2.45, 2.75) is 38.5 Å². The Morgan fingerprint density at radius 3 is 2.90 bits per heavy atom. The van der Waals surface area contributed by atoms with E-state index >= 15 is 0 Å². The molecule has 0 spiro atoms. The highest BCUT2D eigenvalue weighted by atomic mass is 16.6. The topological polar surface area (TPSA) is 73.6 Å². The fourth-order valence-electron chi connectivity index (χ4n) is 2.33. The van der Waals surface area contributed by atoms with Gasteiger partial charge in [-0.3, -0.25) is 10.1 Å². The van der Waals surface area contributed by atoms with Crippen molar-refractivity contribution < 1.29 is 14.4 Å². The average molecular weight is 280 g/mol. The zero-order valence-corrected chi connectivity index (χ0v) is 11.8. The number of benzene rings is 1. The molecular weight excluding hydrogens is 260 g/mol. The lowest BCUT2D eigenvalue weighted by atomic mass is 10.2. The van der Waals surface area contributed by atoms with Crippen LogP contribution in [-0.2, 0) is 11.3 Å². The summed E-state index contributed by atoms with van der Waals surface area (Å²) in [5.74, 6) is 0.304. The molecule has 1 fully saturated rings. The van der Waals surface area contributed by atoms with E-state index in [9.17, 15) is 10.1 Å². The Morgan fingerprint density at radius 2 is 2.30 bits per heavy atom. The molecule has 0 aliphatic carbocycles. The number of nitrogens with zero attached hydrogens (tertiary/aromatic N) is 1. The third-order valence-corrected chi connectivity index (χ3v) is 3.35. The highest BCUT2D eigenvalue weighted by Crippen LogP contribution is 2.29. The van der Waals surface area contributed by atoms with E-state index in [1.807, 2.05) is 13.0 Å². The number of hydrogen-bond acceptors (Lipinski definition) is 5. The molecule has 1 N–H and O–H groups in total. The Bertz CT molecular complexity index is 478. The molecule has 110 valence electrons. The van der Waals surface area contributed by atoms with Crippen LogP contribution in [0.5, 0.6) is 5.75 Å². The zero-order valence-electron chi connectivity index (χ0n) is 11.8. The van der Waals surface area contributed by atoms with Crippen LogP contribution in [0, 0.1) is 10.1 Å². The standard InChI is InChI=1S/C14H20N2O4/c1-10-3-5-12(20-10)9-19-14-6-4-11(8-15-2)7-13(14)16(17)18/h4,6-7,10,12,15H,3,5,8-9H2,1-2H3. The SMILES string of the molecule is CNCc1ccc(OCC2CCC(C)O2)c([N+](=O)[O-])c1. The van der Waals surface area contributed by atoms with Crippen molar-refractivity contribution >= 4 is 5.69 Å². The van der Waals surface area contributed by atoms with E-state index in [0.717, 1.165) is 18.4 Å². The van der Waals surface area contributed by atoms with Gasteiger partial charge in [0.25, 0.3) is 0 Å². The summed E-state index contributed by atoms with van der Waals surface area (Å²) in [6.45, 7) is 2.97. The normalized spacial score (nSPS) is 21.9. The van der Waals surface area contributed by atoms with E-state index in [2.05, 4.69) is 5.32 Å². The zero-order chi connectivity index (χ0) is 14.5. The highest BCUT2D eigenvalue weighted by Gasteiger charge is 2.24. The summed E-state index contributed by atoms with van der Waals surface area (Å²) in [5.41, 5.74) is 0.862. The Hall–Kier alpha value is -1.66. The molecule has 1 saturated heterocycles. The fraction of sp³-hybridized carbons (Fsp3) is 0.571. The monoisotopic (exact) mass is 280 g/mol. The van der Waals surface area contributed by atoms with Gasteiger partial charge in [-0.25, -0.2) is 0 Å². The maximum absolute atomic E-state index is 11.1. The molecule has 2 rings (SSSR count).